The standard InChI is InChI=1S/C18H17N3O2S/c19-10-4-8-18(11-5-2-1-3-6-11)9-7-12-13(16(20)23)17(21)24-14(12)15(18)22/h1-3,5-6H,4,7-9,21H2,(H2,20,23). The maximum Gasteiger partial charge on any atom is 0.251 e. The molecular formula is C18H17N3O2S. The number of nitriles is 1. The Hall–Kier alpha value is -2.65. The minimum absolute atomic E-state index is 0.0607. The fourth-order valence-electron chi connectivity index (χ4n) is 3.53. The minimum Gasteiger partial charge on any atom is -0.390 e. The van der Waals surface area contributed by atoms with Gasteiger partial charge in [0.25, 0.3) is 5.91 Å². The van der Waals surface area contributed by atoms with Gasteiger partial charge in [-0.05, 0) is 30.4 Å². The molecule has 1 heterocycles. The number of fused-ring (bicyclic) bond motifs is 1. The Morgan fingerprint density at radius 3 is 2.67 bits per heavy atom. The van der Waals surface area contributed by atoms with Gasteiger partial charge in [0.15, 0.2) is 5.78 Å². The number of Topliss-reactive ketones (excluding diaryl/α,β-unsaturated/α-hetero) is 1. The zero-order valence-electron chi connectivity index (χ0n) is 13.0. The first-order valence-corrected chi connectivity index (χ1v) is 8.51. The van der Waals surface area contributed by atoms with E-state index in [0.29, 0.717) is 41.1 Å². The van der Waals surface area contributed by atoms with Gasteiger partial charge in [0.2, 0.25) is 0 Å². The van der Waals surface area contributed by atoms with E-state index in [2.05, 4.69) is 6.07 Å². The van der Waals surface area contributed by atoms with Gasteiger partial charge in [-0.1, -0.05) is 30.3 Å². The summed E-state index contributed by atoms with van der Waals surface area (Å²) in [5, 5.41) is 9.32. The molecule has 0 aliphatic heterocycles. The lowest BCUT2D eigenvalue weighted by atomic mass is 9.66. The number of rotatable bonds is 4. The number of ketones is 1. The molecule has 0 spiro atoms. The molecule has 5 nitrogen and oxygen atoms in total. The van der Waals surface area contributed by atoms with Gasteiger partial charge in [-0.2, -0.15) is 5.26 Å². The van der Waals surface area contributed by atoms with E-state index < -0.39 is 11.3 Å². The van der Waals surface area contributed by atoms with E-state index in [1.807, 2.05) is 30.3 Å². The molecule has 0 radical (unpaired) electrons. The van der Waals surface area contributed by atoms with Crippen molar-refractivity contribution in [2.75, 3.05) is 5.73 Å². The minimum atomic E-state index is -0.740. The number of hydrogen-bond donors (Lipinski definition) is 2. The van der Waals surface area contributed by atoms with Crippen molar-refractivity contribution in [3.8, 4) is 6.07 Å². The highest BCUT2D eigenvalue weighted by atomic mass is 32.1. The zero-order valence-corrected chi connectivity index (χ0v) is 13.9. The van der Waals surface area contributed by atoms with Crippen LogP contribution in [0.5, 0.6) is 0 Å². The van der Waals surface area contributed by atoms with Crippen LogP contribution in [-0.2, 0) is 11.8 Å². The average Bonchev–Trinajstić information content (AvgIpc) is 2.92. The summed E-state index contributed by atoms with van der Waals surface area (Å²) in [5.41, 5.74) is 12.5. The number of primary amides is 1. The third kappa shape index (κ3) is 2.38. The van der Waals surface area contributed by atoms with Crippen molar-refractivity contribution in [1.29, 1.82) is 5.26 Å². The number of carbonyl (C=O) groups excluding carboxylic acids is 2. The van der Waals surface area contributed by atoms with Crippen LogP contribution in [-0.4, -0.2) is 11.7 Å². The Morgan fingerprint density at radius 2 is 2.04 bits per heavy atom. The van der Waals surface area contributed by atoms with Crippen molar-refractivity contribution in [3.05, 3.63) is 51.9 Å². The molecule has 1 amide bonds. The third-order valence-electron chi connectivity index (χ3n) is 4.71. The maximum atomic E-state index is 13.3. The van der Waals surface area contributed by atoms with Gasteiger partial charge < -0.3 is 11.5 Å². The number of nitrogens with zero attached hydrogens (tertiary/aromatic N) is 1. The van der Waals surface area contributed by atoms with Crippen LogP contribution in [0.1, 0.15) is 50.4 Å². The monoisotopic (exact) mass is 339 g/mol. The predicted molar refractivity (Wildman–Crippen MR) is 92.9 cm³/mol. The Morgan fingerprint density at radius 1 is 1.33 bits per heavy atom. The van der Waals surface area contributed by atoms with Crippen LogP contribution < -0.4 is 11.5 Å². The van der Waals surface area contributed by atoms with Gasteiger partial charge in [0, 0.05) is 6.42 Å². The molecule has 3 rings (SSSR count). The molecule has 1 atom stereocenters. The first kappa shape index (κ1) is 16.2. The van der Waals surface area contributed by atoms with Crippen molar-refractivity contribution in [2.45, 2.75) is 31.1 Å². The first-order chi connectivity index (χ1) is 11.5. The molecule has 4 N–H and O–H groups in total. The van der Waals surface area contributed by atoms with Crippen molar-refractivity contribution >= 4 is 28.0 Å². The Labute approximate surface area is 143 Å². The van der Waals surface area contributed by atoms with Crippen LogP contribution in [0.4, 0.5) is 5.00 Å². The van der Waals surface area contributed by atoms with Crippen molar-refractivity contribution in [3.63, 3.8) is 0 Å². The fourth-order valence-corrected chi connectivity index (χ4v) is 4.69. The number of nitrogen functional groups attached to an aromatic ring is 1. The van der Waals surface area contributed by atoms with E-state index in [-0.39, 0.29) is 11.3 Å². The second-order valence-electron chi connectivity index (χ2n) is 5.95. The highest BCUT2D eigenvalue weighted by Crippen LogP contribution is 2.46. The Bertz CT molecular complexity index is 851. The van der Waals surface area contributed by atoms with Gasteiger partial charge in [-0.15, -0.1) is 11.3 Å². The lowest BCUT2D eigenvalue weighted by molar-refractivity contribution is 0.0856. The summed E-state index contributed by atoms with van der Waals surface area (Å²) < 4.78 is 0. The van der Waals surface area contributed by atoms with Gasteiger partial charge in [-0.3, -0.25) is 9.59 Å². The topological polar surface area (TPSA) is 110 Å². The number of benzene rings is 1. The molecular weight excluding hydrogens is 322 g/mol. The van der Waals surface area contributed by atoms with Crippen molar-refractivity contribution in [2.24, 2.45) is 5.73 Å². The fraction of sp³-hybridized carbons (Fsp3) is 0.278. The Kier molecular flexibility index (Phi) is 4.12. The summed E-state index contributed by atoms with van der Waals surface area (Å²) in [6.07, 6.45) is 1.84. The molecule has 0 saturated heterocycles. The molecule has 2 aromatic rings. The van der Waals surface area contributed by atoms with Crippen LogP contribution in [0.15, 0.2) is 30.3 Å². The quantitative estimate of drug-likeness (QED) is 0.892. The Balaban J connectivity index is 2.14. The van der Waals surface area contributed by atoms with Gasteiger partial charge >= 0.3 is 0 Å². The smallest absolute Gasteiger partial charge is 0.251 e. The normalized spacial score (nSPS) is 19.5. The highest BCUT2D eigenvalue weighted by molar-refractivity contribution is 7.18. The van der Waals surface area contributed by atoms with Crippen LogP contribution in [0.3, 0.4) is 0 Å². The molecule has 122 valence electrons. The van der Waals surface area contributed by atoms with Crippen LogP contribution in [0.2, 0.25) is 0 Å². The van der Waals surface area contributed by atoms with Gasteiger partial charge in [-0.25, -0.2) is 0 Å². The summed E-state index contributed by atoms with van der Waals surface area (Å²) >= 11 is 1.13. The SMILES string of the molecule is N#CCCC1(c2ccccc2)CCc2c(sc(N)c2C(N)=O)C1=O. The number of anilines is 1. The third-order valence-corrected chi connectivity index (χ3v) is 5.77. The molecule has 1 aromatic heterocycles. The van der Waals surface area contributed by atoms with E-state index in [4.69, 9.17) is 16.7 Å². The van der Waals surface area contributed by atoms with Crippen LogP contribution >= 0.6 is 11.3 Å². The first-order valence-electron chi connectivity index (χ1n) is 7.69. The average molecular weight is 339 g/mol. The van der Waals surface area contributed by atoms with E-state index in [9.17, 15) is 9.59 Å². The van der Waals surface area contributed by atoms with Crippen LogP contribution in [0, 0.1) is 11.3 Å². The lowest BCUT2D eigenvalue weighted by Crippen LogP contribution is -2.40. The highest BCUT2D eigenvalue weighted by Gasteiger charge is 2.45. The molecule has 1 aliphatic rings. The second kappa shape index (κ2) is 6.10. The molecule has 1 unspecified atom stereocenters. The number of nitrogens with two attached hydrogens (primary N) is 2. The molecule has 0 saturated carbocycles. The number of carbonyl (C=O) groups is 2. The molecule has 0 fully saturated rings. The molecule has 24 heavy (non-hydrogen) atoms. The molecule has 0 bridgehead atoms. The van der Waals surface area contributed by atoms with Gasteiger partial charge in [0.05, 0.1) is 26.9 Å². The number of hydrogen-bond acceptors (Lipinski definition) is 5. The number of amides is 1. The van der Waals surface area contributed by atoms with Gasteiger partial charge in [0.1, 0.15) is 0 Å². The predicted octanol–water partition coefficient (Wildman–Crippen LogP) is 2.80. The maximum absolute atomic E-state index is 13.3. The molecule has 1 aliphatic carbocycles. The number of thiophene rings is 1. The van der Waals surface area contributed by atoms with Crippen molar-refractivity contribution < 1.29 is 9.59 Å². The summed E-state index contributed by atoms with van der Waals surface area (Å²) in [7, 11) is 0. The lowest BCUT2D eigenvalue weighted by Gasteiger charge is -2.35. The summed E-state index contributed by atoms with van der Waals surface area (Å²) in [4.78, 5) is 25.5. The van der Waals surface area contributed by atoms with Crippen LogP contribution in [0.25, 0.3) is 0 Å². The van der Waals surface area contributed by atoms with E-state index in [1.54, 1.807) is 0 Å². The van der Waals surface area contributed by atoms with E-state index >= 15 is 0 Å². The summed E-state index contributed by atoms with van der Waals surface area (Å²) in [6, 6.07) is 11.7. The molecule has 1 aromatic carbocycles. The van der Waals surface area contributed by atoms with E-state index in [1.165, 1.54) is 0 Å². The summed E-state index contributed by atoms with van der Waals surface area (Å²) in [6.45, 7) is 0. The summed E-state index contributed by atoms with van der Waals surface area (Å²) in [5.74, 6) is -0.656. The zero-order chi connectivity index (χ0) is 17.3. The van der Waals surface area contributed by atoms with Crippen molar-refractivity contribution in [1.82, 2.24) is 0 Å². The second-order valence-corrected chi connectivity index (χ2v) is 7.00. The van der Waals surface area contributed by atoms with E-state index in [0.717, 1.165) is 16.9 Å². The largest absolute Gasteiger partial charge is 0.390 e. The molecule has 6 heteroatoms.